The van der Waals surface area contributed by atoms with Crippen molar-refractivity contribution in [3.8, 4) is 5.75 Å². The maximum absolute atomic E-state index is 11.6. The lowest BCUT2D eigenvalue weighted by Crippen LogP contribution is -2.30. The standard InChI is InChI=1S/C15H17NO2S/c1-12-4-2-5-13(10-12)18-11-15(17)16-8-7-14-6-3-9-19-14/h2-6,9-10H,7-8,11H2,1H3,(H,16,17). The normalized spacial score (nSPS) is 10.2. The Hall–Kier alpha value is -1.81. The summed E-state index contributed by atoms with van der Waals surface area (Å²) in [5, 5.41) is 4.89. The first-order valence-electron chi connectivity index (χ1n) is 6.22. The number of ether oxygens (including phenoxy) is 1. The first-order valence-corrected chi connectivity index (χ1v) is 7.10. The van der Waals surface area contributed by atoms with E-state index in [1.807, 2.05) is 42.6 Å². The van der Waals surface area contributed by atoms with Gasteiger partial charge in [0.05, 0.1) is 0 Å². The Morgan fingerprint density at radius 3 is 2.95 bits per heavy atom. The lowest BCUT2D eigenvalue weighted by Gasteiger charge is -2.07. The Labute approximate surface area is 117 Å². The number of hydrogen-bond acceptors (Lipinski definition) is 3. The van der Waals surface area contributed by atoms with Crippen LogP contribution in [0.4, 0.5) is 0 Å². The van der Waals surface area contributed by atoms with Crippen LogP contribution in [0.2, 0.25) is 0 Å². The predicted octanol–water partition coefficient (Wildman–Crippen LogP) is 2.79. The number of carbonyl (C=O) groups excluding carboxylic acids is 1. The van der Waals surface area contributed by atoms with Crippen LogP contribution in [0.25, 0.3) is 0 Å². The van der Waals surface area contributed by atoms with E-state index in [1.165, 1.54) is 4.88 Å². The van der Waals surface area contributed by atoms with Crippen molar-refractivity contribution >= 4 is 17.2 Å². The fourth-order valence-corrected chi connectivity index (χ4v) is 2.39. The van der Waals surface area contributed by atoms with Crippen LogP contribution in [0.3, 0.4) is 0 Å². The van der Waals surface area contributed by atoms with E-state index in [4.69, 9.17) is 4.74 Å². The van der Waals surface area contributed by atoms with Crippen LogP contribution in [0.15, 0.2) is 41.8 Å². The summed E-state index contributed by atoms with van der Waals surface area (Å²) < 4.78 is 5.43. The minimum atomic E-state index is -0.0851. The zero-order chi connectivity index (χ0) is 13.5. The molecule has 2 rings (SSSR count). The Kier molecular flexibility index (Phi) is 4.98. The first kappa shape index (κ1) is 13.6. The molecule has 1 N–H and O–H groups in total. The van der Waals surface area contributed by atoms with Crippen molar-refractivity contribution in [2.75, 3.05) is 13.2 Å². The van der Waals surface area contributed by atoms with Gasteiger partial charge in [-0.3, -0.25) is 4.79 Å². The largest absolute Gasteiger partial charge is 0.484 e. The van der Waals surface area contributed by atoms with Gasteiger partial charge in [-0.25, -0.2) is 0 Å². The third kappa shape index (κ3) is 4.75. The summed E-state index contributed by atoms with van der Waals surface area (Å²) in [5.74, 6) is 0.645. The van der Waals surface area contributed by atoms with Gasteiger partial charge in [0.1, 0.15) is 5.75 Å². The van der Waals surface area contributed by atoms with Crippen LogP contribution in [0.5, 0.6) is 5.75 Å². The molecular weight excluding hydrogens is 258 g/mol. The second kappa shape index (κ2) is 6.95. The molecule has 0 aliphatic heterocycles. The highest BCUT2D eigenvalue weighted by atomic mass is 32.1. The molecule has 1 aromatic carbocycles. The van der Waals surface area contributed by atoms with E-state index in [2.05, 4.69) is 11.4 Å². The van der Waals surface area contributed by atoms with Crippen molar-refractivity contribution in [2.45, 2.75) is 13.3 Å². The van der Waals surface area contributed by atoms with Crippen molar-refractivity contribution in [2.24, 2.45) is 0 Å². The monoisotopic (exact) mass is 275 g/mol. The molecular formula is C15H17NO2S. The molecule has 0 saturated heterocycles. The van der Waals surface area contributed by atoms with E-state index in [0.717, 1.165) is 17.7 Å². The molecule has 19 heavy (non-hydrogen) atoms. The average molecular weight is 275 g/mol. The number of rotatable bonds is 6. The third-order valence-electron chi connectivity index (χ3n) is 2.63. The van der Waals surface area contributed by atoms with Crippen LogP contribution >= 0.6 is 11.3 Å². The molecule has 0 radical (unpaired) electrons. The van der Waals surface area contributed by atoms with Crippen LogP contribution in [0, 0.1) is 6.92 Å². The molecule has 0 fully saturated rings. The fourth-order valence-electron chi connectivity index (χ4n) is 1.68. The second-order valence-corrected chi connectivity index (χ2v) is 5.32. The van der Waals surface area contributed by atoms with E-state index in [0.29, 0.717) is 6.54 Å². The summed E-state index contributed by atoms with van der Waals surface area (Å²) in [6.45, 7) is 2.71. The quantitative estimate of drug-likeness (QED) is 0.880. The molecule has 0 unspecified atom stereocenters. The van der Waals surface area contributed by atoms with Gasteiger partial charge in [-0.15, -0.1) is 11.3 Å². The molecule has 0 aliphatic carbocycles. The zero-order valence-electron chi connectivity index (χ0n) is 10.9. The first-order chi connectivity index (χ1) is 9.24. The van der Waals surface area contributed by atoms with Gasteiger partial charge in [-0.05, 0) is 42.5 Å². The van der Waals surface area contributed by atoms with Crippen molar-refractivity contribution in [3.05, 3.63) is 52.2 Å². The molecule has 0 atom stereocenters. The summed E-state index contributed by atoms with van der Waals surface area (Å²) in [4.78, 5) is 12.9. The zero-order valence-corrected chi connectivity index (χ0v) is 11.7. The van der Waals surface area contributed by atoms with Crippen LogP contribution in [-0.2, 0) is 11.2 Å². The summed E-state index contributed by atoms with van der Waals surface area (Å²) in [7, 11) is 0. The Balaban J connectivity index is 1.67. The highest BCUT2D eigenvalue weighted by Gasteiger charge is 2.02. The number of benzene rings is 1. The molecule has 0 bridgehead atoms. The van der Waals surface area contributed by atoms with Crippen LogP contribution in [0.1, 0.15) is 10.4 Å². The van der Waals surface area contributed by atoms with Crippen molar-refractivity contribution in [1.82, 2.24) is 5.32 Å². The smallest absolute Gasteiger partial charge is 0.257 e. The molecule has 4 heteroatoms. The Bertz CT molecular complexity index is 523. The van der Waals surface area contributed by atoms with Crippen LogP contribution < -0.4 is 10.1 Å². The topological polar surface area (TPSA) is 38.3 Å². The Morgan fingerprint density at radius 1 is 1.32 bits per heavy atom. The van der Waals surface area contributed by atoms with E-state index < -0.39 is 0 Å². The molecule has 0 spiro atoms. The van der Waals surface area contributed by atoms with Crippen molar-refractivity contribution in [3.63, 3.8) is 0 Å². The van der Waals surface area contributed by atoms with E-state index in [-0.39, 0.29) is 12.5 Å². The molecule has 3 nitrogen and oxygen atoms in total. The second-order valence-electron chi connectivity index (χ2n) is 4.28. The van der Waals surface area contributed by atoms with Gasteiger partial charge in [0.15, 0.2) is 6.61 Å². The van der Waals surface area contributed by atoms with Crippen LogP contribution in [-0.4, -0.2) is 19.1 Å². The highest BCUT2D eigenvalue weighted by molar-refractivity contribution is 7.09. The number of hydrogen-bond donors (Lipinski definition) is 1. The number of aryl methyl sites for hydroxylation is 1. The number of nitrogens with one attached hydrogen (secondary N) is 1. The average Bonchev–Trinajstić information content (AvgIpc) is 2.90. The lowest BCUT2D eigenvalue weighted by atomic mass is 10.2. The third-order valence-corrected chi connectivity index (χ3v) is 3.57. The fraction of sp³-hybridized carbons (Fsp3) is 0.267. The van der Waals surface area contributed by atoms with Gasteiger partial charge in [-0.2, -0.15) is 0 Å². The van der Waals surface area contributed by atoms with Crippen molar-refractivity contribution in [1.29, 1.82) is 0 Å². The minimum Gasteiger partial charge on any atom is -0.484 e. The minimum absolute atomic E-state index is 0.0634. The summed E-state index contributed by atoms with van der Waals surface area (Å²) in [6, 6.07) is 11.8. The molecule has 0 saturated carbocycles. The van der Waals surface area contributed by atoms with E-state index in [1.54, 1.807) is 11.3 Å². The van der Waals surface area contributed by atoms with Gasteiger partial charge >= 0.3 is 0 Å². The molecule has 1 heterocycles. The molecule has 1 amide bonds. The molecule has 0 aliphatic rings. The molecule has 2 aromatic rings. The predicted molar refractivity (Wildman–Crippen MR) is 77.7 cm³/mol. The Morgan fingerprint density at radius 2 is 2.21 bits per heavy atom. The maximum Gasteiger partial charge on any atom is 0.257 e. The van der Waals surface area contributed by atoms with Gasteiger partial charge in [0, 0.05) is 11.4 Å². The summed E-state index contributed by atoms with van der Waals surface area (Å²) in [6.07, 6.45) is 0.869. The lowest BCUT2D eigenvalue weighted by molar-refractivity contribution is -0.123. The maximum atomic E-state index is 11.6. The van der Waals surface area contributed by atoms with Gasteiger partial charge < -0.3 is 10.1 Å². The SMILES string of the molecule is Cc1cccc(OCC(=O)NCCc2cccs2)c1. The number of amides is 1. The van der Waals surface area contributed by atoms with Gasteiger partial charge in [-0.1, -0.05) is 18.2 Å². The summed E-state index contributed by atoms with van der Waals surface area (Å²) in [5.41, 5.74) is 1.12. The van der Waals surface area contributed by atoms with Gasteiger partial charge in [0.25, 0.3) is 5.91 Å². The summed E-state index contributed by atoms with van der Waals surface area (Å²) >= 11 is 1.70. The van der Waals surface area contributed by atoms with Gasteiger partial charge in [0.2, 0.25) is 0 Å². The molecule has 100 valence electrons. The molecule has 1 aromatic heterocycles. The van der Waals surface area contributed by atoms with Crippen molar-refractivity contribution < 1.29 is 9.53 Å². The van der Waals surface area contributed by atoms with E-state index in [9.17, 15) is 4.79 Å². The highest BCUT2D eigenvalue weighted by Crippen LogP contribution is 2.12. The number of carbonyl (C=O) groups is 1. The number of thiophene rings is 1. The van der Waals surface area contributed by atoms with E-state index >= 15 is 0 Å².